The summed E-state index contributed by atoms with van der Waals surface area (Å²) in [6.45, 7) is 0.439. The molecule has 0 amide bonds. The van der Waals surface area contributed by atoms with E-state index in [1.807, 2.05) is 18.0 Å². The fourth-order valence-corrected chi connectivity index (χ4v) is 2.02. The number of nitriles is 1. The molecule has 0 aliphatic heterocycles. The summed E-state index contributed by atoms with van der Waals surface area (Å²) in [5, 5.41) is 9.23. The van der Waals surface area contributed by atoms with Crippen LogP contribution in [0.4, 0.5) is 10.1 Å². The molecule has 2 nitrogen and oxygen atoms in total. The Hall–Kier alpha value is -2.05. The van der Waals surface area contributed by atoms with Gasteiger partial charge < -0.3 is 4.90 Å². The van der Waals surface area contributed by atoms with E-state index in [0.29, 0.717) is 22.7 Å². The number of rotatable bonds is 3. The van der Waals surface area contributed by atoms with Gasteiger partial charge in [-0.1, -0.05) is 29.8 Å². The smallest absolute Gasteiger partial charge is 0.128 e. The number of hydrogen-bond donors (Lipinski definition) is 0. The number of benzene rings is 2. The molecule has 0 saturated carbocycles. The second-order valence-corrected chi connectivity index (χ2v) is 4.63. The van der Waals surface area contributed by atoms with Crippen molar-refractivity contribution in [3.63, 3.8) is 0 Å². The molecule has 0 saturated heterocycles. The Morgan fingerprint density at radius 2 is 2.00 bits per heavy atom. The zero-order valence-electron chi connectivity index (χ0n) is 10.4. The summed E-state index contributed by atoms with van der Waals surface area (Å²) in [5.74, 6) is -0.228. The van der Waals surface area contributed by atoms with Gasteiger partial charge in [0.2, 0.25) is 0 Å². The Balaban J connectivity index is 2.21. The van der Waals surface area contributed by atoms with Crippen molar-refractivity contribution in [2.45, 2.75) is 6.54 Å². The SMILES string of the molecule is CN(Cc1ccccc1F)c1ccc(C#N)c(Cl)c1. The first-order valence-electron chi connectivity index (χ1n) is 5.76. The topological polar surface area (TPSA) is 27.0 Å². The van der Waals surface area contributed by atoms with Crippen LogP contribution in [0.5, 0.6) is 0 Å². The lowest BCUT2D eigenvalue weighted by atomic mass is 10.1. The minimum atomic E-state index is -0.228. The minimum absolute atomic E-state index is 0.228. The third-order valence-corrected chi connectivity index (χ3v) is 3.19. The highest BCUT2D eigenvalue weighted by Crippen LogP contribution is 2.24. The van der Waals surface area contributed by atoms with Crippen LogP contribution in [-0.4, -0.2) is 7.05 Å². The molecule has 2 aromatic carbocycles. The monoisotopic (exact) mass is 274 g/mol. The molecule has 0 aromatic heterocycles. The molecule has 0 fully saturated rings. The van der Waals surface area contributed by atoms with E-state index >= 15 is 0 Å². The Morgan fingerprint density at radius 1 is 1.26 bits per heavy atom. The molecule has 0 aliphatic rings. The highest BCUT2D eigenvalue weighted by molar-refractivity contribution is 6.32. The fraction of sp³-hybridized carbons (Fsp3) is 0.133. The maximum absolute atomic E-state index is 13.6. The largest absolute Gasteiger partial charge is 0.370 e. The van der Waals surface area contributed by atoms with Crippen LogP contribution < -0.4 is 4.90 Å². The molecule has 0 bridgehead atoms. The predicted octanol–water partition coefficient (Wildman–Crippen LogP) is 3.99. The first-order valence-corrected chi connectivity index (χ1v) is 6.14. The van der Waals surface area contributed by atoms with Crippen molar-refractivity contribution >= 4 is 17.3 Å². The maximum atomic E-state index is 13.6. The summed E-state index contributed by atoms with van der Waals surface area (Å²) in [6.07, 6.45) is 0. The van der Waals surface area contributed by atoms with Crippen molar-refractivity contribution in [1.29, 1.82) is 5.26 Å². The average molecular weight is 275 g/mol. The number of anilines is 1. The van der Waals surface area contributed by atoms with Crippen LogP contribution in [0.1, 0.15) is 11.1 Å². The van der Waals surface area contributed by atoms with Gasteiger partial charge in [0, 0.05) is 24.8 Å². The molecule has 0 heterocycles. The Kier molecular flexibility index (Phi) is 4.03. The van der Waals surface area contributed by atoms with E-state index in [0.717, 1.165) is 5.69 Å². The Morgan fingerprint density at radius 3 is 2.63 bits per heavy atom. The third kappa shape index (κ3) is 3.04. The van der Waals surface area contributed by atoms with Gasteiger partial charge in [-0.15, -0.1) is 0 Å². The summed E-state index contributed by atoms with van der Waals surface area (Å²) in [4.78, 5) is 1.88. The van der Waals surface area contributed by atoms with E-state index in [1.165, 1.54) is 6.07 Å². The summed E-state index contributed by atoms with van der Waals surface area (Å²) in [7, 11) is 1.85. The van der Waals surface area contributed by atoms with Gasteiger partial charge >= 0.3 is 0 Å². The van der Waals surface area contributed by atoms with Crippen LogP contribution in [0.25, 0.3) is 0 Å². The lowest BCUT2D eigenvalue weighted by Gasteiger charge is -2.20. The van der Waals surface area contributed by atoms with Crippen LogP contribution in [-0.2, 0) is 6.54 Å². The van der Waals surface area contributed by atoms with Crippen LogP contribution >= 0.6 is 11.6 Å². The molecule has 0 atom stereocenters. The molecular weight excluding hydrogens is 263 g/mol. The van der Waals surface area contributed by atoms with Gasteiger partial charge in [-0.05, 0) is 24.3 Å². The van der Waals surface area contributed by atoms with Gasteiger partial charge in [0.25, 0.3) is 0 Å². The summed E-state index contributed by atoms with van der Waals surface area (Å²) in [6, 6.07) is 13.8. The second kappa shape index (κ2) is 5.73. The summed E-state index contributed by atoms with van der Waals surface area (Å²) in [5.41, 5.74) is 1.89. The Bertz CT molecular complexity index is 634. The van der Waals surface area contributed by atoms with Crippen LogP contribution in [0.3, 0.4) is 0 Å². The van der Waals surface area contributed by atoms with Crippen LogP contribution in [0.15, 0.2) is 42.5 Å². The van der Waals surface area contributed by atoms with E-state index in [-0.39, 0.29) is 5.82 Å². The average Bonchev–Trinajstić information content (AvgIpc) is 2.41. The molecule has 0 spiro atoms. The van der Waals surface area contributed by atoms with Crippen molar-refractivity contribution in [2.75, 3.05) is 11.9 Å². The van der Waals surface area contributed by atoms with E-state index in [2.05, 4.69) is 0 Å². The standard InChI is InChI=1S/C15H12ClFN2/c1-19(10-12-4-2-3-5-15(12)17)13-7-6-11(9-18)14(16)8-13/h2-8H,10H2,1H3. The van der Waals surface area contributed by atoms with E-state index < -0.39 is 0 Å². The molecule has 0 unspecified atom stereocenters. The number of nitrogens with zero attached hydrogens (tertiary/aromatic N) is 2. The zero-order chi connectivity index (χ0) is 13.8. The molecule has 19 heavy (non-hydrogen) atoms. The van der Waals surface area contributed by atoms with E-state index in [9.17, 15) is 4.39 Å². The first-order chi connectivity index (χ1) is 9.11. The maximum Gasteiger partial charge on any atom is 0.128 e. The van der Waals surface area contributed by atoms with Gasteiger partial charge in [0.15, 0.2) is 0 Å². The van der Waals surface area contributed by atoms with Gasteiger partial charge in [0.05, 0.1) is 10.6 Å². The minimum Gasteiger partial charge on any atom is -0.370 e. The first kappa shape index (κ1) is 13.4. The van der Waals surface area contributed by atoms with Crippen molar-refractivity contribution in [2.24, 2.45) is 0 Å². The van der Waals surface area contributed by atoms with E-state index in [4.69, 9.17) is 16.9 Å². The highest BCUT2D eigenvalue weighted by atomic mass is 35.5. The van der Waals surface area contributed by atoms with Crippen LogP contribution in [0, 0.1) is 17.1 Å². The second-order valence-electron chi connectivity index (χ2n) is 4.22. The molecule has 4 heteroatoms. The van der Waals surface area contributed by atoms with Gasteiger partial charge in [0.1, 0.15) is 11.9 Å². The lowest BCUT2D eigenvalue weighted by molar-refractivity contribution is 0.608. The van der Waals surface area contributed by atoms with Gasteiger partial charge in [-0.25, -0.2) is 4.39 Å². The quantitative estimate of drug-likeness (QED) is 0.846. The molecule has 0 aliphatic carbocycles. The molecule has 0 N–H and O–H groups in total. The zero-order valence-corrected chi connectivity index (χ0v) is 11.2. The van der Waals surface area contributed by atoms with Gasteiger partial charge in [-0.3, -0.25) is 0 Å². The van der Waals surface area contributed by atoms with Crippen molar-refractivity contribution < 1.29 is 4.39 Å². The third-order valence-electron chi connectivity index (χ3n) is 2.88. The molecule has 96 valence electrons. The molecular formula is C15H12ClFN2. The van der Waals surface area contributed by atoms with Gasteiger partial charge in [-0.2, -0.15) is 5.26 Å². The number of hydrogen-bond acceptors (Lipinski definition) is 2. The summed E-state index contributed by atoms with van der Waals surface area (Å²) >= 11 is 5.98. The van der Waals surface area contributed by atoms with Crippen molar-refractivity contribution in [3.05, 3.63) is 64.4 Å². The lowest BCUT2D eigenvalue weighted by Crippen LogP contribution is -2.17. The normalized spacial score (nSPS) is 10.0. The van der Waals surface area contributed by atoms with E-state index in [1.54, 1.807) is 36.4 Å². The Labute approximate surface area is 116 Å². The molecule has 2 aromatic rings. The summed E-state index contributed by atoms with van der Waals surface area (Å²) < 4.78 is 13.6. The fourth-order valence-electron chi connectivity index (χ4n) is 1.81. The molecule has 2 rings (SSSR count). The highest BCUT2D eigenvalue weighted by Gasteiger charge is 2.08. The van der Waals surface area contributed by atoms with Crippen molar-refractivity contribution in [3.8, 4) is 6.07 Å². The molecule has 0 radical (unpaired) electrons. The van der Waals surface area contributed by atoms with Crippen LogP contribution in [0.2, 0.25) is 5.02 Å². The van der Waals surface area contributed by atoms with Crippen molar-refractivity contribution in [1.82, 2.24) is 0 Å². The number of halogens is 2. The predicted molar refractivity (Wildman–Crippen MR) is 74.7 cm³/mol.